The summed E-state index contributed by atoms with van der Waals surface area (Å²) in [4.78, 5) is 21.1. The molecule has 0 bridgehead atoms. The molecule has 3 aromatic rings. The van der Waals surface area contributed by atoms with Crippen molar-refractivity contribution in [3.05, 3.63) is 53.6 Å². The number of aromatic nitrogens is 1. The molecule has 0 saturated heterocycles. The number of rotatable bonds is 7. The maximum Gasteiger partial charge on any atom is 0.312 e. The number of aliphatic hydroxyl groups excluding tert-OH is 1. The van der Waals surface area contributed by atoms with E-state index in [4.69, 9.17) is 14.4 Å². The normalized spacial score (nSPS) is 11.0. The van der Waals surface area contributed by atoms with E-state index in [1.54, 1.807) is 13.0 Å². The largest absolute Gasteiger partial charge is 0.445 e. The molecule has 0 saturated carbocycles. The minimum absolute atomic E-state index is 0.0583. The molecular weight excluding hydrogens is 360 g/mol. The van der Waals surface area contributed by atoms with Gasteiger partial charge in [-0.25, -0.2) is 14.3 Å². The molecule has 1 amide bonds. The highest BCUT2D eigenvalue weighted by molar-refractivity contribution is 6.06. The molecule has 2 aromatic heterocycles. The molecule has 0 aliphatic rings. The third-order valence-electron chi connectivity index (χ3n) is 3.71. The number of furan rings is 1. The first-order chi connectivity index (χ1) is 13.0. The minimum atomic E-state index is -0.793. The van der Waals surface area contributed by atoms with Gasteiger partial charge in [0.05, 0.1) is 23.9 Å². The van der Waals surface area contributed by atoms with Crippen LogP contribution in [0.25, 0.3) is 11.0 Å². The molecule has 0 spiro atoms. The van der Waals surface area contributed by atoms with Crippen molar-refractivity contribution in [2.24, 2.45) is 0 Å². The first kappa shape index (κ1) is 18.7. The Hall–Kier alpha value is -3.04. The number of anilines is 2. The summed E-state index contributed by atoms with van der Waals surface area (Å²) in [6.45, 7) is 1.71. The second-order valence-electron chi connectivity index (χ2n) is 5.77. The van der Waals surface area contributed by atoms with Gasteiger partial charge in [-0.3, -0.25) is 14.6 Å². The zero-order valence-corrected chi connectivity index (χ0v) is 14.4. The summed E-state index contributed by atoms with van der Waals surface area (Å²) >= 11 is 0. The molecule has 3 N–H and O–H groups in total. The number of hydrogen-bond acceptors (Lipinski definition) is 6. The number of aryl methyl sites for hydroxylation is 1. The maximum atomic E-state index is 14.2. The summed E-state index contributed by atoms with van der Waals surface area (Å²) in [5.74, 6) is -2.39. The number of benzene rings is 1. The van der Waals surface area contributed by atoms with E-state index >= 15 is 0 Å². The van der Waals surface area contributed by atoms with E-state index in [9.17, 15) is 13.6 Å². The number of pyridine rings is 1. The highest BCUT2D eigenvalue weighted by atomic mass is 19.1. The smallest absolute Gasteiger partial charge is 0.312 e. The van der Waals surface area contributed by atoms with Crippen molar-refractivity contribution >= 4 is 28.3 Å². The van der Waals surface area contributed by atoms with E-state index in [2.05, 4.69) is 15.8 Å². The summed E-state index contributed by atoms with van der Waals surface area (Å²) in [7, 11) is 0. The van der Waals surface area contributed by atoms with E-state index in [-0.39, 0.29) is 41.3 Å². The molecule has 0 fully saturated rings. The van der Waals surface area contributed by atoms with Crippen LogP contribution in [-0.2, 0) is 4.84 Å². The summed E-state index contributed by atoms with van der Waals surface area (Å²) in [5.41, 5.74) is 2.81. The summed E-state index contributed by atoms with van der Waals surface area (Å²) in [5, 5.41) is 11.7. The fraction of sp³-hybridized carbons (Fsp3) is 0.222. The van der Waals surface area contributed by atoms with Gasteiger partial charge in [0.2, 0.25) is 5.76 Å². The van der Waals surface area contributed by atoms with Gasteiger partial charge >= 0.3 is 5.91 Å². The van der Waals surface area contributed by atoms with Crippen molar-refractivity contribution in [1.82, 2.24) is 10.5 Å². The molecule has 7 nitrogen and oxygen atoms in total. The van der Waals surface area contributed by atoms with Crippen LogP contribution >= 0.6 is 0 Å². The standard InChI is InChI=1S/C18H17F2N3O4/c1-10-3-4-14(12(19)7-10)22-15-11-8-21-9-13(20)16(11)27-17(15)18(25)23-26-6-2-5-24/h3-4,7-9,22,24H,2,5-6H2,1H3,(H,23,25). The molecule has 0 radical (unpaired) electrons. The van der Waals surface area contributed by atoms with Crippen molar-refractivity contribution in [3.8, 4) is 0 Å². The van der Waals surface area contributed by atoms with Crippen LogP contribution in [0.1, 0.15) is 22.5 Å². The second-order valence-corrected chi connectivity index (χ2v) is 5.77. The maximum absolute atomic E-state index is 14.2. The Morgan fingerprint density at radius 2 is 2.11 bits per heavy atom. The molecule has 142 valence electrons. The van der Waals surface area contributed by atoms with Gasteiger partial charge in [-0.15, -0.1) is 0 Å². The first-order valence-corrected chi connectivity index (χ1v) is 8.13. The van der Waals surface area contributed by atoms with Gasteiger partial charge in [0.15, 0.2) is 11.4 Å². The highest BCUT2D eigenvalue weighted by Gasteiger charge is 2.24. The van der Waals surface area contributed by atoms with Crippen molar-refractivity contribution in [2.45, 2.75) is 13.3 Å². The Morgan fingerprint density at radius 1 is 1.30 bits per heavy atom. The molecule has 3 rings (SSSR count). The van der Waals surface area contributed by atoms with Gasteiger partial charge < -0.3 is 14.8 Å². The molecule has 1 aromatic carbocycles. The fourth-order valence-corrected chi connectivity index (χ4v) is 2.42. The molecule has 0 aliphatic heterocycles. The topological polar surface area (TPSA) is 96.6 Å². The SMILES string of the molecule is Cc1ccc(Nc2c(C(=O)NOCCCO)oc3c(F)cncc23)c(F)c1. The van der Waals surface area contributed by atoms with Crippen molar-refractivity contribution in [1.29, 1.82) is 0 Å². The lowest BCUT2D eigenvalue weighted by Crippen LogP contribution is -2.24. The van der Waals surface area contributed by atoms with E-state index in [1.807, 2.05) is 0 Å². The number of halogens is 2. The molecular formula is C18H17F2N3O4. The Labute approximate surface area is 152 Å². The molecule has 0 aliphatic carbocycles. The number of carbonyl (C=O) groups excluding carboxylic acids is 1. The minimum Gasteiger partial charge on any atom is -0.445 e. The average molecular weight is 377 g/mol. The number of nitrogens with one attached hydrogen (secondary N) is 2. The lowest BCUT2D eigenvalue weighted by atomic mass is 10.2. The van der Waals surface area contributed by atoms with Crippen LogP contribution in [0.3, 0.4) is 0 Å². The Bertz CT molecular complexity index is 975. The summed E-state index contributed by atoms with van der Waals surface area (Å²) in [6.07, 6.45) is 2.57. The molecule has 2 heterocycles. The lowest BCUT2D eigenvalue weighted by Gasteiger charge is -2.09. The zero-order valence-electron chi connectivity index (χ0n) is 14.4. The first-order valence-electron chi connectivity index (χ1n) is 8.13. The quantitative estimate of drug-likeness (QED) is 0.432. The van der Waals surface area contributed by atoms with Crippen LogP contribution in [0, 0.1) is 18.6 Å². The molecule has 27 heavy (non-hydrogen) atoms. The third kappa shape index (κ3) is 4.04. The lowest BCUT2D eigenvalue weighted by molar-refractivity contribution is 0.0243. The molecule has 0 unspecified atom stereocenters. The van der Waals surface area contributed by atoms with Crippen LogP contribution in [0.2, 0.25) is 0 Å². The molecule has 0 atom stereocenters. The van der Waals surface area contributed by atoms with E-state index in [0.717, 1.165) is 11.8 Å². The summed E-state index contributed by atoms with van der Waals surface area (Å²) < 4.78 is 33.6. The Kier molecular flexibility index (Phi) is 5.63. The predicted octanol–water partition coefficient (Wildman–Crippen LogP) is 3.20. The van der Waals surface area contributed by atoms with Crippen molar-refractivity contribution < 1.29 is 27.9 Å². The number of amides is 1. The van der Waals surface area contributed by atoms with Crippen LogP contribution in [0.4, 0.5) is 20.2 Å². The van der Waals surface area contributed by atoms with Gasteiger partial charge in [-0.05, 0) is 31.0 Å². The number of fused-ring (bicyclic) bond motifs is 1. The van der Waals surface area contributed by atoms with Crippen LogP contribution in [0.15, 0.2) is 35.0 Å². The van der Waals surface area contributed by atoms with E-state index in [0.29, 0.717) is 6.42 Å². The van der Waals surface area contributed by atoms with Gasteiger partial charge in [-0.2, -0.15) is 0 Å². The number of carbonyl (C=O) groups is 1. The predicted molar refractivity (Wildman–Crippen MR) is 93.5 cm³/mol. The van der Waals surface area contributed by atoms with Crippen LogP contribution < -0.4 is 10.8 Å². The third-order valence-corrected chi connectivity index (χ3v) is 3.71. The number of hydrogen-bond donors (Lipinski definition) is 3. The van der Waals surface area contributed by atoms with Crippen molar-refractivity contribution in [2.75, 3.05) is 18.5 Å². The van der Waals surface area contributed by atoms with Crippen LogP contribution in [-0.4, -0.2) is 29.2 Å². The highest BCUT2D eigenvalue weighted by Crippen LogP contribution is 2.34. The van der Waals surface area contributed by atoms with Gasteiger partial charge in [0.25, 0.3) is 0 Å². The second kappa shape index (κ2) is 8.11. The number of nitrogens with zero attached hydrogens (tertiary/aromatic N) is 1. The monoisotopic (exact) mass is 377 g/mol. The van der Waals surface area contributed by atoms with Gasteiger partial charge in [-0.1, -0.05) is 6.07 Å². The Morgan fingerprint density at radius 3 is 2.85 bits per heavy atom. The molecule has 9 heteroatoms. The fourth-order valence-electron chi connectivity index (χ4n) is 2.42. The Balaban J connectivity index is 1.98. The summed E-state index contributed by atoms with van der Waals surface area (Å²) in [6, 6.07) is 4.50. The van der Waals surface area contributed by atoms with Gasteiger partial charge in [0.1, 0.15) is 11.5 Å². The van der Waals surface area contributed by atoms with Crippen molar-refractivity contribution in [3.63, 3.8) is 0 Å². The number of aliphatic hydroxyl groups is 1. The van der Waals surface area contributed by atoms with Crippen LogP contribution in [0.5, 0.6) is 0 Å². The van der Waals surface area contributed by atoms with E-state index in [1.165, 1.54) is 18.3 Å². The zero-order chi connectivity index (χ0) is 19.4. The van der Waals surface area contributed by atoms with Gasteiger partial charge in [0, 0.05) is 12.8 Å². The van der Waals surface area contributed by atoms with E-state index < -0.39 is 17.5 Å². The average Bonchev–Trinajstić information content (AvgIpc) is 3.01. The number of hydroxylamine groups is 1.